The van der Waals surface area contributed by atoms with Crippen LogP contribution in [-0.2, 0) is 16.2 Å². The monoisotopic (exact) mass is 427 g/mol. The van der Waals surface area contributed by atoms with Gasteiger partial charge >= 0.3 is 0 Å². The highest BCUT2D eigenvalue weighted by Gasteiger charge is 2.34. The van der Waals surface area contributed by atoms with Crippen molar-refractivity contribution in [2.45, 2.75) is 46.3 Å². The van der Waals surface area contributed by atoms with E-state index in [0.29, 0.717) is 32.0 Å². The standard InChI is InChI=1S/C23H29N3O3S/c1-4-25(5-2)23(28)20-10-8-14-26(20)22(27)13-12-18-9-6-7-11-21(18)29-15-19-16-30-17(3)24-19/h6-7,9,11-13,16,20H,4-5,8,10,14-15H2,1-3H3. The molecule has 0 aliphatic carbocycles. The van der Waals surface area contributed by atoms with Crippen molar-refractivity contribution in [2.24, 2.45) is 0 Å². The molecule has 2 heterocycles. The molecule has 1 aliphatic rings. The quantitative estimate of drug-likeness (QED) is 0.600. The van der Waals surface area contributed by atoms with E-state index in [1.54, 1.807) is 33.3 Å². The van der Waals surface area contributed by atoms with Crippen molar-refractivity contribution < 1.29 is 14.3 Å². The molecule has 7 heteroatoms. The summed E-state index contributed by atoms with van der Waals surface area (Å²) in [5.41, 5.74) is 1.71. The lowest BCUT2D eigenvalue weighted by Crippen LogP contribution is -2.47. The van der Waals surface area contributed by atoms with Crippen molar-refractivity contribution in [3.8, 4) is 5.75 Å². The first-order valence-electron chi connectivity index (χ1n) is 10.4. The first kappa shape index (κ1) is 22.0. The van der Waals surface area contributed by atoms with Crippen molar-refractivity contribution in [1.82, 2.24) is 14.8 Å². The van der Waals surface area contributed by atoms with E-state index in [-0.39, 0.29) is 17.9 Å². The van der Waals surface area contributed by atoms with Crippen molar-refractivity contribution in [3.05, 3.63) is 52.0 Å². The number of nitrogens with zero attached hydrogens (tertiary/aromatic N) is 3. The number of hydrogen-bond donors (Lipinski definition) is 0. The summed E-state index contributed by atoms with van der Waals surface area (Å²) in [4.78, 5) is 33.5. The molecule has 30 heavy (non-hydrogen) atoms. The molecule has 0 saturated carbocycles. The normalized spacial score (nSPS) is 16.2. The molecule has 1 aromatic carbocycles. The van der Waals surface area contributed by atoms with Gasteiger partial charge in [0, 0.05) is 36.7 Å². The van der Waals surface area contributed by atoms with Crippen LogP contribution in [0.1, 0.15) is 43.0 Å². The van der Waals surface area contributed by atoms with Crippen LogP contribution in [0, 0.1) is 6.92 Å². The lowest BCUT2D eigenvalue weighted by Gasteiger charge is -2.28. The molecule has 1 aliphatic heterocycles. The summed E-state index contributed by atoms with van der Waals surface area (Å²) >= 11 is 1.59. The van der Waals surface area contributed by atoms with Crippen molar-refractivity contribution in [3.63, 3.8) is 0 Å². The van der Waals surface area contributed by atoms with Crippen LogP contribution in [-0.4, -0.2) is 52.3 Å². The molecular formula is C23H29N3O3S. The van der Waals surface area contributed by atoms with Gasteiger partial charge in [-0.05, 0) is 45.8 Å². The van der Waals surface area contributed by atoms with Gasteiger partial charge in [-0.2, -0.15) is 0 Å². The van der Waals surface area contributed by atoms with Gasteiger partial charge in [0.25, 0.3) is 0 Å². The van der Waals surface area contributed by atoms with Gasteiger partial charge in [-0.15, -0.1) is 11.3 Å². The molecule has 2 aromatic rings. The number of likely N-dealkylation sites (tertiary alicyclic amines) is 1. The molecule has 1 atom stereocenters. The third kappa shape index (κ3) is 5.27. The lowest BCUT2D eigenvalue weighted by molar-refractivity contribution is -0.141. The number of carbonyl (C=O) groups is 2. The molecule has 2 amide bonds. The average molecular weight is 428 g/mol. The Balaban J connectivity index is 1.67. The lowest BCUT2D eigenvalue weighted by atomic mass is 10.1. The second kappa shape index (κ2) is 10.4. The van der Waals surface area contributed by atoms with Crippen LogP contribution in [0.15, 0.2) is 35.7 Å². The number of aromatic nitrogens is 1. The molecule has 1 aromatic heterocycles. The van der Waals surface area contributed by atoms with Gasteiger partial charge in [0.15, 0.2) is 0 Å². The molecule has 1 saturated heterocycles. The van der Waals surface area contributed by atoms with Gasteiger partial charge in [0.05, 0.1) is 10.7 Å². The Labute approximate surface area is 182 Å². The molecule has 0 radical (unpaired) electrons. The number of rotatable bonds is 8. The summed E-state index contributed by atoms with van der Waals surface area (Å²) in [7, 11) is 0. The highest BCUT2D eigenvalue weighted by Crippen LogP contribution is 2.23. The predicted molar refractivity (Wildman–Crippen MR) is 119 cm³/mol. The van der Waals surface area contributed by atoms with Crippen LogP contribution in [0.4, 0.5) is 0 Å². The SMILES string of the molecule is CCN(CC)C(=O)C1CCCN1C(=O)C=Cc1ccccc1OCc1csc(C)n1. The molecule has 0 N–H and O–H groups in total. The number of aryl methyl sites for hydroxylation is 1. The van der Waals surface area contributed by atoms with Crippen LogP contribution in [0.25, 0.3) is 6.08 Å². The Morgan fingerprint density at radius 3 is 2.77 bits per heavy atom. The number of amides is 2. The second-order valence-electron chi connectivity index (χ2n) is 7.22. The molecule has 0 bridgehead atoms. The fourth-order valence-electron chi connectivity index (χ4n) is 3.67. The zero-order chi connectivity index (χ0) is 21.5. The number of carbonyl (C=O) groups excluding carboxylic acids is 2. The summed E-state index contributed by atoms with van der Waals surface area (Å²) in [6.07, 6.45) is 4.88. The van der Waals surface area contributed by atoms with E-state index in [0.717, 1.165) is 29.1 Å². The molecule has 0 spiro atoms. The molecule has 160 valence electrons. The number of hydrogen-bond acceptors (Lipinski definition) is 5. The fourth-order valence-corrected chi connectivity index (χ4v) is 4.26. The van der Waals surface area contributed by atoms with Gasteiger partial charge in [-0.3, -0.25) is 9.59 Å². The minimum absolute atomic E-state index is 0.0431. The second-order valence-corrected chi connectivity index (χ2v) is 8.28. The number of ether oxygens (including phenoxy) is 1. The van der Waals surface area contributed by atoms with E-state index in [9.17, 15) is 9.59 Å². The van der Waals surface area contributed by atoms with Crippen LogP contribution in [0.5, 0.6) is 5.75 Å². The fraction of sp³-hybridized carbons (Fsp3) is 0.435. The summed E-state index contributed by atoms with van der Waals surface area (Å²) in [5.74, 6) is 0.605. The number of thiazole rings is 1. The average Bonchev–Trinajstić information content (AvgIpc) is 3.41. The third-order valence-corrected chi connectivity index (χ3v) is 6.08. The molecular weight excluding hydrogens is 398 g/mol. The van der Waals surface area contributed by atoms with Crippen LogP contribution in [0.2, 0.25) is 0 Å². The molecule has 3 rings (SSSR count). The number of likely N-dealkylation sites (N-methyl/N-ethyl adjacent to an activating group) is 1. The Hall–Kier alpha value is -2.67. The van der Waals surface area contributed by atoms with Crippen LogP contribution < -0.4 is 4.74 Å². The topological polar surface area (TPSA) is 62.7 Å². The maximum absolute atomic E-state index is 12.8. The maximum Gasteiger partial charge on any atom is 0.247 e. The highest BCUT2D eigenvalue weighted by molar-refractivity contribution is 7.09. The summed E-state index contributed by atoms with van der Waals surface area (Å²) in [6, 6.07) is 7.24. The largest absolute Gasteiger partial charge is 0.487 e. The Kier molecular flexibility index (Phi) is 7.63. The van der Waals surface area contributed by atoms with Crippen LogP contribution in [0.3, 0.4) is 0 Å². The zero-order valence-corrected chi connectivity index (χ0v) is 18.7. The van der Waals surface area contributed by atoms with Gasteiger partial charge in [0.2, 0.25) is 11.8 Å². The zero-order valence-electron chi connectivity index (χ0n) is 17.8. The van der Waals surface area contributed by atoms with E-state index >= 15 is 0 Å². The highest BCUT2D eigenvalue weighted by atomic mass is 32.1. The maximum atomic E-state index is 12.8. The Bertz CT molecular complexity index is 905. The Morgan fingerprint density at radius 1 is 1.30 bits per heavy atom. The van der Waals surface area contributed by atoms with Crippen molar-refractivity contribution >= 4 is 29.2 Å². The van der Waals surface area contributed by atoms with Gasteiger partial charge in [-0.25, -0.2) is 4.98 Å². The summed E-state index contributed by atoms with van der Waals surface area (Å²) < 4.78 is 5.92. The third-order valence-electron chi connectivity index (χ3n) is 5.26. The summed E-state index contributed by atoms with van der Waals surface area (Å²) in [6.45, 7) is 8.21. The smallest absolute Gasteiger partial charge is 0.247 e. The first-order chi connectivity index (χ1) is 14.5. The van der Waals surface area contributed by atoms with E-state index < -0.39 is 0 Å². The van der Waals surface area contributed by atoms with E-state index in [2.05, 4.69) is 4.98 Å². The molecule has 1 fully saturated rings. The van der Waals surface area contributed by atoms with E-state index in [4.69, 9.17) is 4.74 Å². The first-order valence-corrected chi connectivity index (χ1v) is 11.3. The Morgan fingerprint density at radius 2 is 2.07 bits per heavy atom. The van der Waals surface area contributed by atoms with Crippen molar-refractivity contribution in [1.29, 1.82) is 0 Å². The minimum atomic E-state index is -0.360. The van der Waals surface area contributed by atoms with Gasteiger partial charge in [-0.1, -0.05) is 18.2 Å². The van der Waals surface area contributed by atoms with Crippen molar-refractivity contribution in [2.75, 3.05) is 19.6 Å². The van der Waals surface area contributed by atoms with Gasteiger partial charge in [0.1, 0.15) is 18.4 Å². The predicted octanol–water partition coefficient (Wildman–Crippen LogP) is 3.90. The number of benzene rings is 1. The van der Waals surface area contributed by atoms with E-state index in [1.807, 2.05) is 50.4 Å². The van der Waals surface area contributed by atoms with Gasteiger partial charge < -0.3 is 14.5 Å². The number of para-hydroxylation sites is 1. The molecule has 6 nitrogen and oxygen atoms in total. The summed E-state index contributed by atoms with van der Waals surface area (Å²) in [5, 5.41) is 2.99. The molecule has 1 unspecified atom stereocenters. The minimum Gasteiger partial charge on any atom is -0.487 e. The van der Waals surface area contributed by atoms with E-state index in [1.165, 1.54) is 0 Å². The van der Waals surface area contributed by atoms with Crippen LogP contribution >= 0.6 is 11.3 Å².